The van der Waals surface area contributed by atoms with Crippen LogP contribution in [0.2, 0.25) is 0 Å². The van der Waals surface area contributed by atoms with E-state index in [0.717, 1.165) is 5.56 Å². The van der Waals surface area contributed by atoms with Crippen molar-refractivity contribution in [2.45, 2.75) is 32.5 Å². The summed E-state index contributed by atoms with van der Waals surface area (Å²) in [5.74, 6) is -2.76. The van der Waals surface area contributed by atoms with E-state index in [4.69, 9.17) is 0 Å². The summed E-state index contributed by atoms with van der Waals surface area (Å²) in [5, 5.41) is 9.81. The van der Waals surface area contributed by atoms with Crippen molar-refractivity contribution in [1.29, 1.82) is 0 Å². The van der Waals surface area contributed by atoms with Crippen LogP contribution >= 0.6 is 0 Å². The Bertz CT molecular complexity index is 755. The van der Waals surface area contributed by atoms with Gasteiger partial charge in [-0.15, -0.1) is 5.10 Å². The normalized spacial score (nSPS) is 12.5. The molecule has 3 N–H and O–H groups in total. The fourth-order valence-electron chi connectivity index (χ4n) is 2.10. The van der Waals surface area contributed by atoms with Gasteiger partial charge in [0.05, 0.1) is 12.5 Å². The molecule has 0 bridgehead atoms. The number of aryl methyl sites for hydroxylation is 1. The molecule has 134 valence electrons. The Morgan fingerprint density at radius 3 is 2.40 bits per heavy atom. The molecule has 0 aliphatic rings. The molecule has 0 spiro atoms. The van der Waals surface area contributed by atoms with Gasteiger partial charge in [-0.25, -0.2) is 0 Å². The number of hydrogen-bond donors (Lipinski definition) is 3. The average Bonchev–Trinajstić information content (AvgIpc) is 2.95. The maximum atomic E-state index is 12.5. The molecule has 1 atom stereocenters. The largest absolute Gasteiger partial charge is 0.451 e. The highest BCUT2D eigenvalue weighted by Crippen LogP contribution is 2.26. The van der Waals surface area contributed by atoms with Crippen LogP contribution in [-0.4, -0.2) is 27.0 Å². The van der Waals surface area contributed by atoms with Crippen LogP contribution in [0, 0.1) is 6.92 Å². The van der Waals surface area contributed by atoms with E-state index in [9.17, 15) is 22.8 Å². The summed E-state index contributed by atoms with van der Waals surface area (Å²) in [6.45, 7) is 3.20. The minimum absolute atomic E-state index is 0.182. The third kappa shape index (κ3) is 5.30. The summed E-state index contributed by atoms with van der Waals surface area (Å²) >= 11 is 0. The van der Waals surface area contributed by atoms with Crippen molar-refractivity contribution in [3.8, 4) is 0 Å². The van der Waals surface area contributed by atoms with E-state index in [-0.39, 0.29) is 12.3 Å². The maximum absolute atomic E-state index is 12.5. The van der Waals surface area contributed by atoms with E-state index in [1.807, 2.05) is 19.1 Å². The molecule has 0 fully saturated rings. The zero-order chi connectivity index (χ0) is 18.6. The number of nitrogens with one attached hydrogen (secondary N) is 3. The monoisotopic (exact) mass is 355 g/mol. The van der Waals surface area contributed by atoms with Gasteiger partial charge >= 0.3 is 6.18 Å². The number of amides is 2. The van der Waals surface area contributed by atoms with Gasteiger partial charge in [0.1, 0.15) is 0 Å². The average molecular weight is 355 g/mol. The van der Waals surface area contributed by atoms with Crippen molar-refractivity contribution < 1.29 is 22.8 Å². The summed E-state index contributed by atoms with van der Waals surface area (Å²) < 4.78 is 37.4. The van der Waals surface area contributed by atoms with Crippen LogP contribution in [0.3, 0.4) is 0 Å². The number of carbonyl (C=O) groups excluding carboxylic acids is 2. The molecular weight excluding hydrogens is 339 g/mol. The first-order valence-electron chi connectivity index (χ1n) is 7.28. The first kappa shape index (κ1) is 18.4. The quantitative estimate of drug-likeness (QED) is 0.766. The first-order chi connectivity index (χ1) is 11.6. The number of nitrogens with zero attached hydrogens (tertiary/aromatic N) is 2. The standard InChI is InChI=1S/C15H16F3N5O2/c1-8-3-5-10(6-4-8)11(19-9(2)24)7-12(25)20-14-21-13(22-23-14)15(16,17)18/h3-6,11H,7H2,1-2H3,(H,19,24)(H2,20,21,22,23,25). The lowest BCUT2D eigenvalue weighted by atomic mass is 10.0. The molecule has 7 nitrogen and oxygen atoms in total. The van der Waals surface area contributed by atoms with Crippen LogP contribution in [0.15, 0.2) is 24.3 Å². The third-order valence-electron chi connectivity index (χ3n) is 3.25. The summed E-state index contributed by atoms with van der Waals surface area (Å²) in [7, 11) is 0. The van der Waals surface area contributed by atoms with Crippen molar-refractivity contribution in [2.75, 3.05) is 5.32 Å². The number of halogens is 3. The van der Waals surface area contributed by atoms with E-state index in [1.54, 1.807) is 17.2 Å². The second kappa shape index (κ2) is 7.32. The zero-order valence-electron chi connectivity index (χ0n) is 13.4. The number of rotatable bonds is 5. The highest BCUT2D eigenvalue weighted by molar-refractivity contribution is 5.89. The van der Waals surface area contributed by atoms with E-state index in [2.05, 4.69) is 20.7 Å². The van der Waals surface area contributed by atoms with Gasteiger partial charge in [-0.05, 0) is 12.5 Å². The van der Waals surface area contributed by atoms with Gasteiger partial charge in [0, 0.05) is 6.92 Å². The van der Waals surface area contributed by atoms with E-state index in [0.29, 0.717) is 5.56 Å². The first-order valence-corrected chi connectivity index (χ1v) is 7.28. The van der Waals surface area contributed by atoms with Gasteiger partial charge in [0.25, 0.3) is 0 Å². The number of carbonyl (C=O) groups is 2. The van der Waals surface area contributed by atoms with Crippen molar-refractivity contribution in [3.05, 3.63) is 41.2 Å². The molecule has 2 amide bonds. The Hall–Kier alpha value is -2.91. The number of hydrogen-bond acceptors (Lipinski definition) is 4. The van der Waals surface area contributed by atoms with Crippen molar-refractivity contribution in [1.82, 2.24) is 20.5 Å². The van der Waals surface area contributed by atoms with Crippen LogP contribution in [-0.2, 0) is 15.8 Å². The summed E-state index contributed by atoms with van der Waals surface area (Å²) in [5.41, 5.74) is 1.71. The van der Waals surface area contributed by atoms with Crippen molar-refractivity contribution in [2.24, 2.45) is 0 Å². The second-order valence-electron chi connectivity index (χ2n) is 5.42. The Morgan fingerprint density at radius 2 is 1.88 bits per heavy atom. The van der Waals surface area contributed by atoms with Crippen LogP contribution < -0.4 is 10.6 Å². The minimum Gasteiger partial charge on any atom is -0.349 e. The topological polar surface area (TPSA) is 99.8 Å². The predicted molar refractivity (Wildman–Crippen MR) is 82.4 cm³/mol. The minimum atomic E-state index is -4.68. The number of anilines is 1. The summed E-state index contributed by atoms with van der Waals surface area (Å²) in [4.78, 5) is 26.6. The van der Waals surface area contributed by atoms with Crippen LogP contribution in [0.4, 0.5) is 19.1 Å². The molecule has 2 aromatic rings. The Kier molecular flexibility index (Phi) is 5.40. The number of aromatic amines is 1. The smallest absolute Gasteiger partial charge is 0.349 e. The highest BCUT2D eigenvalue weighted by atomic mass is 19.4. The fourth-order valence-corrected chi connectivity index (χ4v) is 2.10. The van der Waals surface area contributed by atoms with E-state index >= 15 is 0 Å². The Morgan fingerprint density at radius 1 is 1.24 bits per heavy atom. The lowest BCUT2D eigenvalue weighted by Gasteiger charge is -2.17. The molecule has 1 aromatic carbocycles. The van der Waals surface area contributed by atoms with Gasteiger partial charge in [-0.3, -0.25) is 20.0 Å². The number of benzene rings is 1. The molecule has 0 aliphatic carbocycles. The SMILES string of the molecule is CC(=O)NC(CC(=O)Nc1n[nH]c(C(F)(F)F)n1)c1ccc(C)cc1. The zero-order valence-corrected chi connectivity index (χ0v) is 13.4. The molecule has 0 aliphatic heterocycles. The van der Waals surface area contributed by atoms with Gasteiger partial charge in [0.2, 0.25) is 23.6 Å². The van der Waals surface area contributed by atoms with Gasteiger partial charge in [-0.1, -0.05) is 29.8 Å². The van der Waals surface area contributed by atoms with E-state index in [1.165, 1.54) is 6.92 Å². The molecule has 10 heteroatoms. The number of aromatic nitrogens is 3. The van der Waals surface area contributed by atoms with Crippen LogP contribution in [0.1, 0.15) is 36.3 Å². The number of alkyl halides is 3. The summed E-state index contributed by atoms with van der Waals surface area (Å²) in [6.07, 6.45) is -4.87. The Labute approximate surface area is 141 Å². The maximum Gasteiger partial charge on any atom is 0.451 e. The van der Waals surface area contributed by atoms with Gasteiger partial charge in [-0.2, -0.15) is 18.2 Å². The molecule has 0 radical (unpaired) electrons. The molecule has 0 saturated heterocycles. The summed E-state index contributed by atoms with van der Waals surface area (Å²) in [6, 6.07) is 6.55. The highest BCUT2D eigenvalue weighted by Gasteiger charge is 2.35. The fraction of sp³-hybridized carbons (Fsp3) is 0.333. The van der Waals surface area contributed by atoms with Gasteiger partial charge < -0.3 is 5.32 Å². The molecule has 1 heterocycles. The molecule has 2 rings (SSSR count). The molecule has 25 heavy (non-hydrogen) atoms. The van der Waals surface area contributed by atoms with Gasteiger partial charge in [0.15, 0.2) is 0 Å². The second-order valence-corrected chi connectivity index (χ2v) is 5.42. The lowest BCUT2D eigenvalue weighted by molar-refractivity contribution is -0.144. The molecule has 1 aromatic heterocycles. The lowest BCUT2D eigenvalue weighted by Crippen LogP contribution is -2.30. The van der Waals surface area contributed by atoms with Crippen molar-refractivity contribution in [3.63, 3.8) is 0 Å². The van der Waals surface area contributed by atoms with Crippen LogP contribution in [0.25, 0.3) is 0 Å². The predicted octanol–water partition coefficient (Wildman–Crippen LogP) is 2.34. The number of H-pyrrole nitrogens is 1. The Balaban J connectivity index is 2.07. The van der Waals surface area contributed by atoms with Crippen molar-refractivity contribution >= 4 is 17.8 Å². The molecule has 0 saturated carbocycles. The van der Waals surface area contributed by atoms with E-state index < -0.39 is 29.9 Å². The van der Waals surface area contributed by atoms with Crippen LogP contribution in [0.5, 0.6) is 0 Å². The molecular formula is C15H16F3N5O2. The third-order valence-corrected chi connectivity index (χ3v) is 3.25. The molecule has 1 unspecified atom stereocenters.